The number of ether oxygens (including phenoxy) is 1. The van der Waals surface area contributed by atoms with Gasteiger partial charge >= 0.3 is 6.09 Å². The molecule has 2 aliphatic rings. The zero-order valence-corrected chi connectivity index (χ0v) is 11.5. The van der Waals surface area contributed by atoms with Crippen LogP contribution >= 0.6 is 0 Å². The predicted molar refractivity (Wildman–Crippen MR) is 68.4 cm³/mol. The molecule has 0 bridgehead atoms. The van der Waals surface area contributed by atoms with E-state index in [-0.39, 0.29) is 11.6 Å². The summed E-state index contributed by atoms with van der Waals surface area (Å²) in [5.41, 5.74) is -1.40. The van der Waals surface area contributed by atoms with Gasteiger partial charge in [-0.05, 0) is 40.0 Å². The van der Waals surface area contributed by atoms with Crippen molar-refractivity contribution in [1.29, 1.82) is 0 Å². The quantitative estimate of drug-likeness (QED) is 0.708. The normalized spacial score (nSPS) is 24.7. The number of rotatable bonds is 3. The fourth-order valence-electron chi connectivity index (χ4n) is 2.64. The molecule has 0 atom stereocenters. The van der Waals surface area contributed by atoms with Crippen LogP contribution in [-0.2, 0) is 4.74 Å². The summed E-state index contributed by atoms with van der Waals surface area (Å²) in [5.74, 6) is 0. The summed E-state index contributed by atoms with van der Waals surface area (Å²) in [5, 5.41) is 16.2. The van der Waals surface area contributed by atoms with Crippen LogP contribution in [0.3, 0.4) is 0 Å². The third kappa shape index (κ3) is 3.14. The minimum absolute atomic E-state index is 0.265. The highest BCUT2D eigenvalue weighted by molar-refractivity contribution is 5.69. The van der Waals surface area contributed by atoms with Gasteiger partial charge in [-0.3, -0.25) is 0 Å². The number of hydrogen-bond donors (Lipinski definition) is 3. The summed E-state index contributed by atoms with van der Waals surface area (Å²) < 4.78 is 5.29. The topological polar surface area (TPSA) is 70.6 Å². The van der Waals surface area contributed by atoms with Crippen LogP contribution in [0.4, 0.5) is 4.79 Å². The van der Waals surface area contributed by atoms with Gasteiger partial charge in [0.1, 0.15) is 5.60 Å². The van der Waals surface area contributed by atoms with Crippen LogP contribution in [0.5, 0.6) is 0 Å². The molecular formula is C13H24N2O3. The first-order valence-electron chi connectivity index (χ1n) is 6.66. The summed E-state index contributed by atoms with van der Waals surface area (Å²) in [6.07, 6.45) is 3.19. The number of hydrogen-bond acceptors (Lipinski definition) is 4. The van der Waals surface area contributed by atoms with Gasteiger partial charge in [-0.15, -0.1) is 0 Å². The Labute approximate surface area is 108 Å². The lowest BCUT2D eigenvalue weighted by molar-refractivity contribution is -0.0556. The van der Waals surface area contributed by atoms with Crippen molar-refractivity contribution in [3.63, 3.8) is 0 Å². The Hall–Kier alpha value is -0.810. The summed E-state index contributed by atoms with van der Waals surface area (Å²) in [7, 11) is 0. The molecule has 0 aromatic carbocycles. The lowest BCUT2D eigenvalue weighted by Gasteiger charge is -2.50. The van der Waals surface area contributed by atoms with E-state index in [1.165, 1.54) is 0 Å². The van der Waals surface area contributed by atoms with Crippen LogP contribution in [0.1, 0.15) is 46.5 Å². The molecule has 104 valence electrons. The van der Waals surface area contributed by atoms with Crippen LogP contribution in [0.15, 0.2) is 0 Å². The molecule has 18 heavy (non-hydrogen) atoms. The molecule has 0 aromatic rings. The number of aliphatic hydroxyl groups is 1. The van der Waals surface area contributed by atoms with Crippen LogP contribution in [0.2, 0.25) is 0 Å². The third-order valence-corrected chi connectivity index (χ3v) is 3.65. The fraction of sp³-hybridized carbons (Fsp3) is 0.923. The average molecular weight is 256 g/mol. The molecule has 3 N–H and O–H groups in total. The van der Waals surface area contributed by atoms with Gasteiger partial charge in [-0.2, -0.15) is 0 Å². The first-order chi connectivity index (χ1) is 8.22. The third-order valence-electron chi connectivity index (χ3n) is 3.65. The Kier molecular flexibility index (Phi) is 3.32. The first kappa shape index (κ1) is 13.6. The summed E-state index contributed by atoms with van der Waals surface area (Å²) in [4.78, 5) is 11.8. The van der Waals surface area contributed by atoms with Crippen molar-refractivity contribution in [3.05, 3.63) is 0 Å². The van der Waals surface area contributed by atoms with Gasteiger partial charge in [0, 0.05) is 25.0 Å². The van der Waals surface area contributed by atoms with Gasteiger partial charge in [0.2, 0.25) is 0 Å². The molecule has 0 radical (unpaired) electrons. The van der Waals surface area contributed by atoms with Crippen molar-refractivity contribution in [2.75, 3.05) is 13.1 Å². The van der Waals surface area contributed by atoms with E-state index in [0.29, 0.717) is 19.5 Å². The maximum Gasteiger partial charge on any atom is 0.408 e. The highest BCUT2D eigenvalue weighted by atomic mass is 16.6. The fourth-order valence-corrected chi connectivity index (χ4v) is 2.64. The van der Waals surface area contributed by atoms with Crippen LogP contribution < -0.4 is 10.6 Å². The SMILES string of the molecule is CC(C)(C)OC(=O)NC1(CC2(O)CNC2)CCC1. The molecule has 2 rings (SSSR count). The Morgan fingerprint density at radius 3 is 2.33 bits per heavy atom. The van der Waals surface area contributed by atoms with E-state index in [0.717, 1.165) is 19.3 Å². The largest absolute Gasteiger partial charge is 0.444 e. The number of carbonyl (C=O) groups is 1. The summed E-state index contributed by atoms with van der Waals surface area (Å²) in [6.45, 7) is 6.78. The summed E-state index contributed by atoms with van der Waals surface area (Å²) in [6, 6.07) is 0. The molecule has 0 spiro atoms. The van der Waals surface area contributed by atoms with E-state index in [1.807, 2.05) is 20.8 Å². The van der Waals surface area contributed by atoms with Gasteiger partial charge in [-0.25, -0.2) is 4.79 Å². The minimum Gasteiger partial charge on any atom is -0.444 e. The van der Waals surface area contributed by atoms with Crippen LogP contribution in [0.25, 0.3) is 0 Å². The average Bonchev–Trinajstić information content (AvgIpc) is 2.08. The molecule has 1 saturated heterocycles. The van der Waals surface area contributed by atoms with Crippen molar-refractivity contribution in [1.82, 2.24) is 10.6 Å². The van der Waals surface area contributed by atoms with Gasteiger partial charge in [0.05, 0.1) is 5.60 Å². The second kappa shape index (κ2) is 4.38. The number of amides is 1. The summed E-state index contributed by atoms with van der Waals surface area (Å²) >= 11 is 0. The molecule has 1 saturated carbocycles. The zero-order chi connectivity index (χ0) is 13.4. The van der Waals surface area contributed by atoms with Crippen molar-refractivity contribution < 1.29 is 14.6 Å². The highest BCUT2D eigenvalue weighted by Crippen LogP contribution is 2.39. The van der Waals surface area contributed by atoms with E-state index < -0.39 is 11.2 Å². The second-order valence-electron chi connectivity index (χ2n) is 6.77. The van der Waals surface area contributed by atoms with E-state index in [1.54, 1.807) is 0 Å². The predicted octanol–water partition coefficient (Wildman–Crippen LogP) is 1.16. The zero-order valence-electron chi connectivity index (χ0n) is 11.5. The first-order valence-corrected chi connectivity index (χ1v) is 6.66. The van der Waals surface area contributed by atoms with Crippen LogP contribution in [0, 0.1) is 0 Å². The number of alkyl carbamates (subject to hydrolysis) is 1. The van der Waals surface area contributed by atoms with Crippen molar-refractivity contribution in [2.45, 2.75) is 63.2 Å². The molecule has 5 heteroatoms. The van der Waals surface area contributed by atoms with Gasteiger partial charge in [0.15, 0.2) is 0 Å². The minimum atomic E-state index is -0.657. The molecule has 1 heterocycles. The molecule has 5 nitrogen and oxygen atoms in total. The van der Waals surface area contributed by atoms with Gasteiger partial charge in [-0.1, -0.05) is 0 Å². The second-order valence-corrected chi connectivity index (χ2v) is 6.77. The molecule has 1 amide bonds. The van der Waals surface area contributed by atoms with E-state index in [2.05, 4.69) is 10.6 Å². The van der Waals surface area contributed by atoms with E-state index >= 15 is 0 Å². The number of β-amino-alcohol motifs (C(OH)–C–C–N with tert-alkyl or cyclic N) is 1. The maximum absolute atomic E-state index is 11.8. The van der Waals surface area contributed by atoms with Crippen molar-refractivity contribution in [2.24, 2.45) is 0 Å². The smallest absolute Gasteiger partial charge is 0.408 e. The molecule has 1 aliphatic heterocycles. The maximum atomic E-state index is 11.8. The van der Waals surface area contributed by atoms with Gasteiger partial charge < -0.3 is 20.5 Å². The molecular weight excluding hydrogens is 232 g/mol. The Morgan fingerprint density at radius 2 is 2.00 bits per heavy atom. The lowest BCUT2D eigenvalue weighted by Crippen LogP contribution is -2.67. The molecule has 1 aliphatic carbocycles. The highest BCUT2D eigenvalue weighted by Gasteiger charge is 2.48. The van der Waals surface area contributed by atoms with E-state index in [9.17, 15) is 9.90 Å². The molecule has 0 unspecified atom stereocenters. The standard InChI is InChI=1S/C13H24N2O3/c1-11(2,3)18-10(16)15-12(5-4-6-12)7-13(17)8-14-9-13/h14,17H,4-9H2,1-3H3,(H,15,16). The monoisotopic (exact) mass is 256 g/mol. The number of nitrogens with one attached hydrogen (secondary N) is 2. The Morgan fingerprint density at radius 1 is 1.39 bits per heavy atom. The lowest BCUT2D eigenvalue weighted by atomic mass is 9.68. The van der Waals surface area contributed by atoms with Gasteiger partial charge in [0.25, 0.3) is 0 Å². The number of carbonyl (C=O) groups excluding carboxylic acids is 1. The molecule has 2 fully saturated rings. The Bertz CT molecular complexity index is 328. The van der Waals surface area contributed by atoms with Crippen molar-refractivity contribution in [3.8, 4) is 0 Å². The van der Waals surface area contributed by atoms with Crippen LogP contribution in [-0.4, -0.2) is 41.0 Å². The van der Waals surface area contributed by atoms with E-state index in [4.69, 9.17) is 4.74 Å². The van der Waals surface area contributed by atoms with Crippen molar-refractivity contribution >= 4 is 6.09 Å². The Balaban J connectivity index is 1.90. The molecule has 0 aromatic heterocycles.